The Morgan fingerprint density at radius 1 is 1.25 bits per heavy atom. The van der Waals surface area contributed by atoms with Crippen molar-refractivity contribution in [3.05, 3.63) is 15.3 Å². The molecule has 0 aliphatic carbocycles. The van der Waals surface area contributed by atoms with Gasteiger partial charge in [-0.1, -0.05) is 19.8 Å². The third kappa shape index (κ3) is 54.2. The van der Waals surface area contributed by atoms with Crippen LogP contribution in [0.15, 0.2) is 0 Å². The maximum atomic E-state index is 8.25. The zero-order chi connectivity index (χ0) is 9.11. The first kappa shape index (κ1) is 17.7. The molecule has 78 valence electrons. The summed E-state index contributed by atoms with van der Waals surface area (Å²) in [4.78, 5) is 8.25. The van der Waals surface area contributed by atoms with Crippen LogP contribution in [0.4, 0.5) is 0 Å². The van der Waals surface area contributed by atoms with Gasteiger partial charge in [-0.05, 0) is 12.8 Å². The minimum atomic E-state index is -1.75. The number of nitrogens with zero attached hydrogens (tertiary/aromatic N) is 1. The molecular formula is C6H16N2NiO3. The molecule has 0 atom stereocenters. The van der Waals surface area contributed by atoms with Crippen LogP contribution in [0.1, 0.15) is 32.6 Å². The molecule has 0 aromatic rings. The summed E-state index contributed by atoms with van der Waals surface area (Å²) in [6, 6.07) is 0. The Hall–Kier alpha value is -0.346. The molecule has 12 heavy (non-hydrogen) atoms. The third-order valence-corrected chi connectivity index (χ3v) is 1.10. The first-order valence-electron chi connectivity index (χ1n) is 3.75. The SMILES string of the molecule is CCCCCC[NH3+].O=[N+]([O-])[O-].[Ni]. The largest absolute Gasteiger partial charge is 0.358 e. The van der Waals surface area contributed by atoms with Crippen molar-refractivity contribution in [3.8, 4) is 0 Å². The van der Waals surface area contributed by atoms with Crippen molar-refractivity contribution >= 4 is 0 Å². The summed E-state index contributed by atoms with van der Waals surface area (Å²) in [5, 5.41) is 14.8. The fraction of sp³-hybridized carbons (Fsp3) is 1.00. The topological polar surface area (TPSA) is 93.8 Å². The number of quaternary nitrogens is 1. The van der Waals surface area contributed by atoms with Crippen molar-refractivity contribution in [1.29, 1.82) is 0 Å². The van der Waals surface area contributed by atoms with Crippen LogP contribution < -0.4 is 5.73 Å². The summed E-state index contributed by atoms with van der Waals surface area (Å²) >= 11 is 0. The molecule has 0 bridgehead atoms. The van der Waals surface area contributed by atoms with E-state index in [9.17, 15) is 0 Å². The van der Waals surface area contributed by atoms with Crippen molar-refractivity contribution < 1.29 is 27.3 Å². The molecule has 0 rings (SSSR count). The smallest absolute Gasteiger partial charge is 0.0739 e. The monoisotopic (exact) mass is 222 g/mol. The van der Waals surface area contributed by atoms with Gasteiger partial charge in [0.15, 0.2) is 0 Å². The van der Waals surface area contributed by atoms with Gasteiger partial charge in [-0.25, -0.2) is 0 Å². The predicted molar refractivity (Wildman–Crippen MR) is 42.3 cm³/mol. The molecule has 0 aromatic carbocycles. The normalized spacial score (nSPS) is 7.50. The van der Waals surface area contributed by atoms with E-state index >= 15 is 0 Å². The van der Waals surface area contributed by atoms with Gasteiger partial charge in [0.25, 0.3) is 0 Å². The third-order valence-electron chi connectivity index (χ3n) is 1.10. The van der Waals surface area contributed by atoms with Crippen LogP contribution in [0.25, 0.3) is 0 Å². The summed E-state index contributed by atoms with van der Waals surface area (Å²) < 4.78 is 0. The minimum Gasteiger partial charge on any atom is -0.358 e. The number of hydrogen-bond donors (Lipinski definition) is 1. The molecule has 0 unspecified atom stereocenters. The van der Waals surface area contributed by atoms with Gasteiger partial charge in [-0.2, -0.15) is 0 Å². The Bertz CT molecular complexity index is 84.9. The molecule has 6 heteroatoms. The van der Waals surface area contributed by atoms with E-state index in [1.165, 1.54) is 25.7 Å². The molecule has 0 saturated heterocycles. The molecule has 0 aliphatic heterocycles. The van der Waals surface area contributed by atoms with Gasteiger partial charge >= 0.3 is 0 Å². The zero-order valence-electron chi connectivity index (χ0n) is 7.23. The van der Waals surface area contributed by atoms with Gasteiger partial charge in [0.05, 0.1) is 11.6 Å². The van der Waals surface area contributed by atoms with Crippen LogP contribution in [-0.4, -0.2) is 11.6 Å². The van der Waals surface area contributed by atoms with Crippen LogP contribution in [0.2, 0.25) is 0 Å². The molecular weight excluding hydrogens is 207 g/mol. The standard InChI is InChI=1S/C6H15N.NO3.Ni/c1-2-3-4-5-6-7;2-1(3)4;/h2-7H2,1H3;;/q;-1;/p+1. The number of hydrogen-bond acceptors (Lipinski definition) is 3. The molecule has 0 amide bonds. The average Bonchev–Trinajstić information content (AvgIpc) is 1.88. The summed E-state index contributed by atoms with van der Waals surface area (Å²) in [7, 11) is 0. The van der Waals surface area contributed by atoms with Crippen molar-refractivity contribution in [2.45, 2.75) is 32.6 Å². The average molecular weight is 223 g/mol. The van der Waals surface area contributed by atoms with Gasteiger partial charge in [-0.15, -0.1) is 0 Å². The molecule has 0 saturated carbocycles. The molecule has 0 radical (unpaired) electrons. The van der Waals surface area contributed by atoms with Gasteiger partial charge in [0.1, 0.15) is 0 Å². The van der Waals surface area contributed by atoms with E-state index < -0.39 is 5.09 Å². The number of rotatable bonds is 4. The van der Waals surface area contributed by atoms with Gasteiger partial charge < -0.3 is 21.1 Å². The Labute approximate surface area is 82.4 Å². The van der Waals surface area contributed by atoms with Crippen molar-refractivity contribution in [2.75, 3.05) is 6.54 Å². The second kappa shape index (κ2) is 16.9. The van der Waals surface area contributed by atoms with Crippen LogP contribution in [0, 0.1) is 15.3 Å². The Morgan fingerprint density at radius 2 is 1.67 bits per heavy atom. The first-order valence-corrected chi connectivity index (χ1v) is 3.75. The Morgan fingerprint density at radius 3 is 1.92 bits per heavy atom. The van der Waals surface area contributed by atoms with Gasteiger partial charge in [0, 0.05) is 16.5 Å². The molecule has 3 N–H and O–H groups in total. The van der Waals surface area contributed by atoms with Crippen molar-refractivity contribution in [1.82, 2.24) is 0 Å². The van der Waals surface area contributed by atoms with E-state index in [-0.39, 0.29) is 16.5 Å². The van der Waals surface area contributed by atoms with Crippen LogP contribution >= 0.6 is 0 Å². The Balaban J connectivity index is -0.000000142. The molecule has 0 spiro atoms. The number of unbranched alkanes of at least 4 members (excludes halogenated alkanes) is 3. The Kier molecular flexibility index (Phi) is 24.9. The van der Waals surface area contributed by atoms with E-state index in [0.717, 1.165) is 6.54 Å². The fourth-order valence-corrected chi connectivity index (χ4v) is 0.604. The molecule has 0 fully saturated rings. The van der Waals surface area contributed by atoms with E-state index in [2.05, 4.69) is 12.7 Å². The fourth-order valence-electron chi connectivity index (χ4n) is 0.604. The second-order valence-corrected chi connectivity index (χ2v) is 2.14. The first-order chi connectivity index (χ1) is 5.15. The van der Waals surface area contributed by atoms with E-state index in [0.29, 0.717) is 0 Å². The summed E-state index contributed by atoms with van der Waals surface area (Å²) in [6.07, 6.45) is 5.41. The van der Waals surface area contributed by atoms with E-state index in [4.69, 9.17) is 15.3 Å². The van der Waals surface area contributed by atoms with Crippen LogP contribution in [0.3, 0.4) is 0 Å². The molecule has 5 nitrogen and oxygen atoms in total. The van der Waals surface area contributed by atoms with Gasteiger partial charge in [-0.3, -0.25) is 0 Å². The zero-order valence-corrected chi connectivity index (χ0v) is 8.22. The van der Waals surface area contributed by atoms with E-state index in [1.807, 2.05) is 0 Å². The maximum absolute atomic E-state index is 8.25. The van der Waals surface area contributed by atoms with Crippen LogP contribution in [0.5, 0.6) is 0 Å². The summed E-state index contributed by atoms with van der Waals surface area (Å²) in [6.45, 7) is 3.34. The summed E-state index contributed by atoms with van der Waals surface area (Å²) in [5.74, 6) is 0. The molecule has 0 aliphatic rings. The van der Waals surface area contributed by atoms with E-state index in [1.54, 1.807) is 0 Å². The second-order valence-electron chi connectivity index (χ2n) is 2.14. The van der Waals surface area contributed by atoms with Crippen molar-refractivity contribution in [3.63, 3.8) is 0 Å². The quantitative estimate of drug-likeness (QED) is 0.326. The van der Waals surface area contributed by atoms with Crippen LogP contribution in [-0.2, 0) is 16.5 Å². The minimum absolute atomic E-state index is 0. The maximum Gasteiger partial charge on any atom is 0.0739 e. The van der Waals surface area contributed by atoms with Crippen molar-refractivity contribution in [2.24, 2.45) is 0 Å². The molecule has 0 heterocycles. The predicted octanol–water partition coefficient (Wildman–Crippen LogP) is 0.567. The molecule has 0 aromatic heterocycles. The van der Waals surface area contributed by atoms with Gasteiger partial charge in [0.2, 0.25) is 0 Å². The summed E-state index contributed by atoms with van der Waals surface area (Å²) in [5.41, 5.74) is 3.76.